The summed E-state index contributed by atoms with van der Waals surface area (Å²) in [6, 6.07) is -0.290. The zero-order chi connectivity index (χ0) is 15.6. The van der Waals surface area contributed by atoms with Crippen molar-refractivity contribution in [1.29, 1.82) is 0 Å². The summed E-state index contributed by atoms with van der Waals surface area (Å²) in [5, 5.41) is 5.80. The van der Waals surface area contributed by atoms with Crippen LogP contribution in [-0.4, -0.2) is 41.4 Å². The summed E-state index contributed by atoms with van der Waals surface area (Å²) in [6.45, 7) is 1.11. The highest BCUT2D eigenvalue weighted by Gasteiger charge is 2.51. The molecule has 0 aromatic carbocycles. The highest BCUT2D eigenvalue weighted by atomic mass is 16.2. The lowest BCUT2D eigenvalue weighted by Crippen LogP contribution is -2.44. The maximum absolute atomic E-state index is 12.4. The summed E-state index contributed by atoms with van der Waals surface area (Å²) in [6.07, 6.45) is 8.07. The molecule has 1 aliphatic heterocycles. The van der Waals surface area contributed by atoms with Gasteiger partial charge in [-0.25, -0.2) is 4.79 Å². The van der Waals surface area contributed by atoms with Gasteiger partial charge in [-0.1, -0.05) is 19.3 Å². The van der Waals surface area contributed by atoms with Crippen molar-refractivity contribution in [2.75, 3.05) is 13.1 Å². The van der Waals surface area contributed by atoms with Gasteiger partial charge >= 0.3 is 6.03 Å². The van der Waals surface area contributed by atoms with E-state index in [1.807, 2.05) is 0 Å². The van der Waals surface area contributed by atoms with E-state index >= 15 is 0 Å². The minimum atomic E-state index is -0.635. The number of nitrogens with zero attached hydrogens (tertiary/aromatic N) is 1. The second-order valence-electron chi connectivity index (χ2n) is 6.88. The van der Waals surface area contributed by atoms with E-state index in [4.69, 9.17) is 0 Å². The Bertz CT molecular complexity index is 467. The number of hydrogen-bond donors (Lipinski definition) is 2. The van der Waals surface area contributed by atoms with Crippen LogP contribution in [0.15, 0.2) is 0 Å². The second kappa shape index (κ2) is 6.26. The summed E-state index contributed by atoms with van der Waals surface area (Å²) in [5.41, 5.74) is -0.635. The van der Waals surface area contributed by atoms with Gasteiger partial charge in [0.2, 0.25) is 5.91 Å². The Morgan fingerprint density at radius 1 is 1.23 bits per heavy atom. The number of rotatable bonds is 6. The first-order valence-corrected chi connectivity index (χ1v) is 8.51. The number of carbonyl (C=O) groups is 3. The molecule has 2 N–H and O–H groups in total. The highest BCUT2D eigenvalue weighted by Crippen LogP contribution is 2.35. The van der Waals surface area contributed by atoms with E-state index in [2.05, 4.69) is 10.6 Å². The maximum Gasteiger partial charge on any atom is 0.325 e. The quantitative estimate of drug-likeness (QED) is 0.731. The van der Waals surface area contributed by atoms with E-state index in [0.717, 1.165) is 32.2 Å². The SMILES string of the molecule is O=C(CCCN1C(=O)NC2(CCCC2)C1=O)NCC1CCC1. The molecule has 1 spiro atoms. The standard InChI is InChI=1S/C16H25N3O3/c20-13(17-11-12-5-3-6-12)7-4-10-19-14(21)16(18-15(19)22)8-1-2-9-16/h12H,1-11H2,(H,17,20)(H,18,22). The van der Waals surface area contributed by atoms with Crippen molar-refractivity contribution in [1.82, 2.24) is 15.5 Å². The Labute approximate surface area is 131 Å². The van der Waals surface area contributed by atoms with Crippen LogP contribution in [0.2, 0.25) is 0 Å². The van der Waals surface area contributed by atoms with E-state index in [1.165, 1.54) is 24.2 Å². The number of urea groups is 1. The van der Waals surface area contributed by atoms with Gasteiger partial charge in [0, 0.05) is 19.5 Å². The molecule has 3 rings (SSSR count). The summed E-state index contributed by atoms with van der Waals surface area (Å²) in [4.78, 5) is 37.5. The van der Waals surface area contributed by atoms with E-state index in [1.54, 1.807) is 0 Å². The molecule has 0 atom stereocenters. The van der Waals surface area contributed by atoms with Crippen molar-refractivity contribution < 1.29 is 14.4 Å². The molecule has 0 radical (unpaired) electrons. The number of imide groups is 1. The molecule has 2 saturated carbocycles. The number of hydrogen-bond acceptors (Lipinski definition) is 3. The molecular formula is C16H25N3O3. The van der Waals surface area contributed by atoms with E-state index in [9.17, 15) is 14.4 Å². The Kier molecular flexibility index (Phi) is 4.36. The Morgan fingerprint density at radius 3 is 2.59 bits per heavy atom. The molecular weight excluding hydrogens is 282 g/mol. The van der Waals surface area contributed by atoms with Gasteiger partial charge in [0.1, 0.15) is 5.54 Å². The molecule has 2 aliphatic carbocycles. The fourth-order valence-electron chi connectivity index (χ4n) is 3.64. The van der Waals surface area contributed by atoms with Crippen LogP contribution in [0, 0.1) is 5.92 Å². The van der Waals surface area contributed by atoms with Gasteiger partial charge in [-0.15, -0.1) is 0 Å². The third kappa shape index (κ3) is 2.96. The fourth-order valence-corrected chi connectivity index (χ4v) is 3.64. The van der Waals surface area contributed by atoms with Gasteiger partial charge in [0.15, 0.2) is 0 Å². The Balaban J connectivity index is 1.40. The predicted molar refractivity (Wildman–Crippen MR) is 81.0 cm³/mol. The average molecular weight is 307 g/mol. The zero-order valence-corrected chi connectivity index (χ0v) is 13.0. The minimum Gasteiger partial charge on any atom is -0.356 e. The van der Waals surface area contributed by atoms with Crippen LogP contribution in [0.25, 0.3) is 0 Å². The van der Waals surface area contributed by atoms with Gasteiger partial charge in [-0.2, -0.15) is 0 Å². The van der Waals surface area contributed by atoms with E-state index in [-0.39, 0.29) is 17.8 Å². The van der Waals surface area contributed by atoms with Crippen molar-refractivity contribution in [2.45, 2.75) is 63.3 Å². The largest absolute Gasteiger partial charge is 0.356 e. The van der Waals surface area contributed by atoms with Gasteiger partial charge in [0.25, 0.3) is 5.91 Å². The van der Waals surface area contributed by atoms with Gasteiger partial charge in [-0.05, 0) is 38.0 Å². The Morgan fingerprint density at radius 2 is 1.95 bits per heavy atom. The molecule has 0 aromatic rings. The first-order valence-electron chi connectivity index (χ1n) is 8.51. The lowest BCUT2D eigenvalue weighted by molar-refractivity contribution is -0.131. The third-order valence-electron chi connectivity index (χ3n) is 5.30. The number of carbonyl (C=O) groups excluding carboxylic acids is 3. The van der Waals surface area contributed by atoms with E-state index in [0.29, 0.717) is 25.3 Å². The van der Waals surface area contributed by atoms with Crippen molar-refractivity contribution in [2.24, 2.45) is 5.92 Å². The summed E-state index contributed by atoms with van der Waals surface area (Å²) >= 11 is 0. The molecule has 3 fully saturated rings. The van der Waals surface area contributed by atoms with Crippen LogP contribution in [0.3, 0.4) is 0 Å². The average Bonchev–Trinajstić information content (AvgIpc) is 2.98. The van der Waals surface area contributed by atoms with Gasteiger partial charge < -0.3 is 10.6 Å². The number of amides is 4. The van der Waals surface area contributed by atoms with Crippen LogP contribution in [0.5, 0.6) is 0 Å². The highest BCUT2D eigenvalue weighted by molar-refractivity contribution is 6.07. The first kappa shape index (κ1) is 15.3. The van der Waals surface area contributed by atoms with E-state index < -0.39 is 5.54 Å². The lowest BCUT2D eigenvalue weighted by Gasteiger charge is -2.25. The lowest BCUT2D eigenvalue weighted by atomic mass is 9.85. The molecule has 0 unspecified atom stereocenters. The molecule has 3 aliphatic rings. The van der Waals surface area contributed by atoms with Crippen LogP contribution in [0.4, 0.5) is 4.79 Å². The Hall–Kier alpha value is -1.59. The predicted octanol–water partition coefficient (Wildman–Crippen LogP) is 1.55. The van der Waals surface area contributed by atoms with Crippen molar-refractivity contribution in [3.8, 4) is 0 Å². The first-order chi connectivity index (χ1) is 10.6. The van der Waals surface area contributed by atoms with Gasteiger partial charge in [-0.3, -0.25) is 14.5 Å². The van der Waals surface area contributed by atoms with Crippen LogP contribution < -0.4 is 10.6 Å². The van der Waals surface area contributed by atoms with Crippen LogP contribution >= 0.6 is 0 Å². The van der Waals surface area contributed by atoms with Crippen molar-refractivity contribution in [3.63, 3.8) is 0 Å². The smallest absolute Gasteiger partial charge is 0.325 e. The molecule has 122 valence electrons. The third-order valence-corrected chi connectivity index (χ3v) is 5.30. The maximum atomic E-state index is 12.4. The zero-order valence-electron chi connectivity index (χ0n) is 13.0. The molecule has 6 nitrogen and oxygen atoms in total. The molecule has 4 amide bonds. The summed E-state index contributed by atoms with van der Waals surface area (Å²) in [7, 11) is 0. The summed E-state index contributed by atoms with van der Waals surface area (Å²) in [5.74, 6) is 0.580. The molecule has 1 saturated heterocycles. The van der Waals surface area contributed by atoms with Crippen LogP contribution in [-0.2, 0) is 9.59 Å². The van der Waals surface area contributed by atoms with Crippen molar-refractivity contribution >= 4 is 17.8 Å². The van der Waals surface area contributed by atoms with Gasteiger partial charge in [0.05, 0.1) is 0 Å². The monoisotopic (exact) mass is 307 g/mol. The second-order valence-corrected chi connectivity index (χ2v) is 6.88. The molecule has 1 heterocycles. The summed E-state index contributed by atoms with van der Waals surface area (Å²) < 4.78 is 0. The normalized spacial score (nSPS) is 23.7. The topological polar surface area (TPSA) is 78.5 Å². The fraction of sp³-hybridized carbons (Fsp3) is 0.812. The number of nitrogens with one attached hydrogen (secondary N) is 2. The molecule has 0 aromatic heterocycles. The van der Waals surface area contributed by atoms with Crippen molar-refractivity contribution in [3.05, 3.63) is 0 Å². The molecule has 0 bridgehead atoms. The van der Waals surface area contributed by atoms with Crippen LogP contribution in [0.1, 0.15) is 57.8 Å². The molecule has 22 heavy (non-hydrogen) atoms. The molecule has 6 heteroatoms. The minimum absolute atomic E-state index is 0.0227.